The van der Waals surface area contributed by atoms with Crippen LogP contribution < -0.4 is 4.74 Å². The number of hydrogen-bond donors (Lipinski definition) is 0. The lowest BCUT2D eigenvalue weighted by atomic mass is 9.62. The van der Waals surface area contributed by atoms with Crippen molar-refractivity contribution in [3.05, 3.63) is 54.1 Å². The topological polar surface area (TPSA) is 26.3 Å². The molecule has 0 aliphatic carbocycles. The normalized spacial score (nSPS) is 12.3. The third-order valence-corrected chi connectivity index (χ3v) is 6.01. The number of ether oxygens (including phenoxy) is 1. The third kappa shape index (κ3) is 3.95. The Bertz CT molecular complexity index is 720. The molecule has 2 heteroatoms. The Kier molecular flexibility index (Phi) is 5.41. The van der Waals surface area contributed by atoms with Crippen LogP contribution in [0.2, 0.25) is 0 Å². The molecule has 0 fully saturated rings. The molecule has 2 aromatic rings. The molecule has 0 radical (unpaired) electrons. The van der Waals surface area contributed by atoms with Crippen LogP contribution in [-0.2, 0) is 4.79 Å². The largest absolute Gasteiger partial charge is 0.426 e. The molecule has 0 N–H and O–H groups in total. The zero-order chi connectivity index (χ0) is 18.8. The average Bonchev–Trinajstić information content (AvgIpc) is 2.56. The van der Waals surface area contributed by atoms with E-state index in [1.807, 2.05) is 38.1 Å². The first-order chi connectivity index (χ1) is 11.6. The van der Waals surface area contributed by atoms with E-state index >= 15 is 0 Å². The summed E-state index contributed by atoms with van der Waals surface area (Å²) in [7, 11) is 0. The summed E-state index contributed by atoms with van der Waals surface area (Å²) < 4.78 is 5.69. The molecule has 0 atom stereocenters. The van der Waals surface area contributed by atoms with Crippen LogP contribution in [0.15, 0.2) is 48.5 Å². The van der Waals surface area contributed by atoms with Crippen LogP contribution in [0.25, 0.3) is 11.1 Å². The highest BCUT2D eigenvalue weighted by Crippen LogP contribution is 2.45. The number of carbonyl (C=O) groups is 1. The quantitative estimate of drug-likeness (QED) is 0.474. The lowest BCUT2D eigenvalue weighted by Gasteiger charge is -2.42. The van der Waals surface area contributed by atoms with Gasteiger partial charge < -0.3 is 4.74 Å². The van der Waals surface area contributed by atoms with Crippen LogP contribution >= 0.6 is 0 Å². The van der Waals surface area contributed by atoms with E-state index in [4.69, 9.17) is 4.74 Å². The van der Waals surface area contributed by atoms with Crippen molar-refractivity contribution >= 4 is 5.97 Å². The van der Waals surface area contributed by atoms with Gasteiger partial charge in [0.05, 0.1) is 5.41 Å². The smallest absolute Gasteiger partial charge is 0.317 e. The first-order valence-corrected chi connectivity index (χ1v) is 8.95. The fourth-order valence-electron chi connectivity index (χ4n) is 2.68. The Morgan fingerprint density at radius 1 is 0.840 bits per heavy atom. The summed E-state index contributed by atoms with van der Waals surface area (Å²) in [4.78, 5) is 12.8. The predicted octanol–water partition coefficient (Wildman–Crippen LogP) is 6.28. The molecule has 0 aliphatic rings. The third-order valence-electron chi connectivity index (χ3n) is 6.01. The van der Waals surface area contributed by atoms with E-state index in [1.54, 1.807) is 0 Å². The standard InChI is InChI=1S/C23H30O2/c1-16(2)22(4,5)23(6,7)21(24)25-20-14-12-19(13-15-20)18-10-8-17(3)9-11-18/h8-16H,1-7H3. The number of benzene rings is 2. The summed E-state index contributed by atoms with van der Waals surface area (Å²) in [5, 5.41) is 0. The van der Waals surface area contributed by atoms with Crippen LogP contribution in [0.5, 0.6) is 5.75 Å². The van der Waals surface area contributed by atoms with E-state index in [-0.39, 0.29) is 11.4 Å². The van der Waals surface area contributed by atoms with Gasteiger partial charge in [-0.2, -0.15) is 0 Å². The maximum Gasteiger partial charge on any atom is 0.317 e. The molecule has 0 aliphatic heterocycles. The molecule has 0 heterocycles. The van der Waals surface area contributed by atoms with Crippen LogP contribution in [0.3, 0.4) is 0 Å². The lowest BCUT2D eigenvalue weighted by molar-refractivity contribution is -0.152. The minimum absolute atomic E-state index is 0.161. The van der Waals surface area contributed by atoms with Gasteiger partial charge in [0.15, 0.2) is 0 Å². The summed E-state index contributed by atoms with van der Waals surface area (Å²) in [6.45, 7) is 14.5. The Labute approximate surface area is 152 Å². The highest BCUT2D eigenvalue weighted by Gasteiger charge is 2.46. The highest BCUT2D eigenvalue weighted by atomic mass is 16.5. The van der Waals surface area contributed by atoms with Crippen LogP contribution in [0, 0.1) is 23.7 Å². The first-order valence-electron chi connectivity index (χ1n) is 8.95. The Balaban J connectivity index is 2.15. The van der Waals surface area contributed by atoms with Gasteiger partial charge in [-0.3, -0.25) is 4.79 Å². The van der Waals surface area contributed by atoms with Gasteiger partial charge in [0.25, 0.3) is 0 Å². The second-order valence-corrected chi connectivity index (χ2v) is 8.28. The Morgan fingerprint density at radius 3 is 1.72 bits per heavy atom. The van der Waals surface area contributed by atoms with Crippen LogP contribution in [0.4, 0.5) is 0 Å². The zero-order valence-electron chi connectivity index (χ0n) is 16.5. The van der Waals surface area contributed by atoms with Crippen molar-refractivity contribution in [2.45, 2.75) is 48.5 Å². The van der Waals surface area contributed by atoms with E-state index in [2.05, 4.69) is 58.9 Å². The molecule has 134 valence electrons. The molecule has 0 aromatic heterocycles. The van der Waals surface area contributed by atoms with Gasteiger partial charge in [-0.1, -0.05) is 69.7 Å². The van der Waals surface area contributed by atoms with E-state index in [0.29, 0.717) is 11.7 Å². The van der Waals surface area contributed by atoms with Gasteiger partial charge in [0.2, 0.25) is 0 Å². The molecule has 0 bridgehead atoms. The maximum absolute atomic E-state index is 12.8. The van der Waals surface area contributed by atoms with Crippen LogP contribution in [-0.4, -0.2) is 5.97 Å². The number of carbonyl (C=O) groups excluding carboxylic acids is 1. The molecular weight excluding hydrogens is 308 g/mol. The first kappa shape index (κ1) is 19.2. The van der Waals surface area contributed by atoms with Gasteiger partial charge in [-0.05, 0) is 55.4 Å². The minimum atomic E-state index is -0.573. The second-order valence-electron chi connectivity index (χ2n) is 8.28. The summed E-state index contributed by atoms with van der Waals surface area (Å²) in [6, 6.07) is 16.1. The van der Waals surface area contributed by atoms with Gasteiger partial charge in [-0.25, -0.2) is 0 Å². The maximum atomic E-state index is 12.8. The fraction of sp³-hybridized carbons (Fsp3) is 0.435. The number of hydrogen-bond acceptors (Lipinski definition) is 2. The average molecular weight is 338 g/mol. The Morgan fingerprint density at radius 2 is 1.28 bits per heavy atom. The number of rotatable bonds is 5. The van der Waals surface area contributed by atoms with E-state index in [1.165, 1.54) is 5.56 Å². The summed E-state index contributed by atoms with van der Waals surface area (Å²) in [5.41, 5.74) is 2.78. The fourth-order valence-corrected chi connectivity index (χ4v) is 2.68. The summed E-state index contributed by atoms with van der Waals surface area (Å²) in [5.74, 6) is 0.779. The highest BCUT2D eigenvalue weighted by molar-refractivity contribution is 5.79. The van der Waals surface area contributed by atoms with E-state index in [0.717, 1.165) is 11.1 Å². The van der Waals surface area contributed by atoms with Crippen molar-refractivity contribution in [2.24, 2.45) is 16.7 Å². The predicted molar refractivity (Wildman–Crippen MR) is 105 cm³/mol. The molecule has 2 nitrogen and oxygen atoms in total. The molecule has 0 saturated carbocycles. The van der Waals surface area contributed by atoms with Crippen molar-refractivity contribution < 1.29 is 9.53 Å². The molecular formula is C23H30O2. The Hall–Kier alpha value is -2.09. The number of esters is 1. The SMILES string of the molecule is Cc1ccc(-c2ccc(OC(=O)C(C)(C)C(C)(C)C(C)C)cc2)cc1. The van der Waals surface area contributed by atoms with Gasteiger partial charge in [0.1, 0.15) is 5.75 Å². The van der Waals surface area contributed by atoms with Crippen molar-refractivity contribution in [1.29, 1.82) is 0 Å². The van der Waals surface area contributed by atoms with Crippen molar-refractivity contribution in [3.63, 3.8) is 0 Å². The van der Waals surface area contributed by atoms with Gasteiger partial charge in [-0.15, -0.1) is 0 Å². The molecule has 2 rings (SSSR count). The summed E-state index contributed by atoms with van der Waals surface area (Å²) in [6.07, 6.45) is 0. The minimum Gasteiger partial charge on any atom is -0.426 e. The lowest BCUT2D eigenvalue weighted by Crippen LogP contribution is -2.45. The second kappa shape index (κ2) is 7.03. The zero-order valence-corrected chi connectivity index (χ0v) is 16.5. The van der Waals surface area contributed by atoms with Crippen molar-refractivity contribution in [2.75, 3.05) is 0 Å². The van der Waals surface area contributed by atoms with Gasteiger partial charge in [0, 0.05) is 0 Å². The van der Waals surface area contributed by atoms with Crippen LogP contribution in [0.1, 0.15) is 47.1 Å². The molecule has 0 spiro atoms. The van der Waals surface area contributed by atoms with Crippen molar-refractivity contribution in [1.82, 2.24) is 0 Å². The van der Waals surface area contributed by atoms with Gasteiger partial charge >= 0.3 is 5.97 Å². The summed E-state index contributed by atoms with van der Waals surface area (Å²) >= 11 is 0. The molecule has 0 amide bonds. The number of aryl methyl sites for hydroxylation is 1. The molecule has 2 aromatic carbocycles. The molecule has 25 heavy (non-hydrogen) atoms. The molecule has 0 saturated heterocycles. The monoisotopic (exact) mass is 338 g/mol. The van der Waals surface area contributed by atoms with Crippen molar-refractivity contribution in [3.8, 4) is 16.9 Å². The van der Waals surface area contributed by atoms with E-state index in [9.17, 15) is 4.79 Å². The van der Waals surface area contributed by atoms with E-state index < -0.39 is 5.41 Å². The molecule has 0 unspecified atom stereocenters.